The summed E-state index contributed by atoms with van der Waals surface area (Å²) in [5.41, 5.74) is 2.46. The summed E-state index contributed by atoms with van der Waals surface area (Å²) in [5, 5.41) is 2.88. The van der Waals surface area contributed by atoms with Crippen molar-refractivity contribution in [1.82, 2.24) is 10.2 Å². The first-order valence-electron chi connectivity index (χ1n) is 7.79. The minimum Gasteiger partial charge on any atom is -0.372 e. The number of methoxy groups -OCH3 is 1. The van der Waals surface area contributed by atoms with Crippen molar-refractivity contribution in [3.05, 3.63) is 35.4 Å². The monoisotopic (exact) mass is 290 g/mol. The lowest BCUT2D eigenvalue weighted by molar-refractivity contribution is -0.130. The van der Waals surface area contributed by atoms with Gasteiger partial charge in [-0.3, -0.25) is 9.69 Å². The third-order valence-electron chi connectivity index (χ3n) is 4.07. The first-order valence-corrected chi connectivity index (χ1v) is 7.79. The Kier molecular flexibility index (Phi) is 6.21. The summed E-state index contributed by atoms with van der Waals surface area (Å²) >= 11 is 0. The number of carbonyl (C=O) groups is 1. The highest BCUT2D eigenvalue weighted by Gasteiger charge is 2.11. The smallest absolute Gasteiger partial charge is 0.249 e. The van der Waals surface area contributed by atoms with Crippen LogP contribution in [0, 0.1) is 0 Å². The van der Waals surface area contributed by atoms with E-state index in [9.17, 15) is 4.79 Å². The van der Waals surface area contributed by atoms with Crippen LogP contribution in [0.1, 0.15) is 37.3 Å². The van der Waals surface area contributed by atoms with E-state index in [1.807, 2.05) is 0 Å². The van der Waals surface area contributed by atoms with Crippen molar-refractivity contribution in [3.8, 4) is 0 Å². The van der Waals surface area contributed by atoms with Crippen molar-refractivity contribution in [2.45, 2.75) is 45.4 Å². The molecule has 2 rings (SSSR count). The topological polar surface area (TPSA) is 41.6 Å². The minimum atomic E-state index is -0.400. The van der Waals surface area contributed by atoms with Crippen LogP contribution in [0.4, 0.5) is 0 Å². The lowest BCUT2D eigenvalue weighted by Crippen LogP contribution is -2.33. The van der Waals surface area contributed by atoms with Gasteiger partial charge in [-0.15, -0.1) is 0 Å². The summed E-state index contributed by atoms with van der Waals surface area (Å²) in [6, 6.07) is 8.51. The Bertz CT molecular complexity index is 439. The lowest BCUT2D eigenvalue weighted by Gasteiger charge is -2.26. The lowest BCUT2D eigenvalue weighted by atomic mass is 10.1. The zero-order chi connectivity index (χ0) is 15.1. The second-order valence-corrected chi connectivity index (χ2v) is 5.75. The molecule has 1 saturated heterocycles. The number of hydrogen-bond acceptors (Lipinski definition) is 3. The molecule has 4 heteroatoms. The van der Waals surface area contributed by atoms with Crippen LogP contribution in [0.2, 0.25) is 0 Å². The zero-order valence-corrected chi connectivity index (χ0v) is 13.1. The molecule has 1 aromatic rings. The molecule has 4 nitrogen and oxygen atoms in total. The van der Waals surface area contributed by atoms with Gasteiger partial charge in [0.15, 0.2) is 0 Å². The van der Waals surface area contributed by atoms with E-state index in [4.69, 9.17) is 4.74 Å². The van der Waals surface area contributed by atoms with Crippen LogP contribution in [0.25, 0.3) is 0 Å². The van der Waals surface area contributed by atoms with Gasteiger partial charge >= 0.3 is 0 Å². The number of benzene rings is 1. The van der Waals surface area contributed by atoms with Crippen LogP contribution in [0.5, 0.6) is 0 Å². The van der Waals surface area contributed by atoms with Crippen LogP contribution in [-0.2, 0) is 22.6 Å². The van der Waals surface area contributed by atoms with Gasteiger partial charge in [-0.2, -0.15) is 0 Å². The predicted octanol–water partition coefficient (Wildman–Crippen LogP) is 2.32. The van der Waals surface area contributed by atoms with Gasteiger partial charge < -0.3 is 10.1 Å². The molecule has 0 aromatic heterocycles. The van der Waals surface area contributed by atoms with E-state index in [0.717, 1.165) is 12.1 Å². The van der Waals surface area contributed by atoms with Crippen molar-refractivity contribution >= 4 is 5.91 Å². The molecule has 1 heterocycles. The molecule has 0 radical (unpaired) electrons. The van der Waals surface area contributed by atoms with Crippen LogP contribution in [0.15, 0.2) is 24.3 Å². The Morgan fingerprint density at radius 3 is 2.43 bits per heavy atom. The number of nitrogens with zero attached hydrogens (tertiary/aromatic N) is 1. The van der Waals surface area contributed by atoms with E-state index in [2.05, 4.69) is 34.5 Å². The predicted molar refractivity (Wildman–Crippen MR) is 83.9 cm³/mol. The maximum Gasteiger partial charge on any atom is 0.249 e. The van der Waals surface area contributed by atoms with Gasteiger partial charge in [-0.25, -0.2) is 0 Å². The Morgan fingerprint density at radius 2 is 1.81 bits per heavy atom. The van der Waals surface area contributed by atoms with E-state index in [0.29, 0.717) is 6.54 Å². The molecule has 0 aliphatic carbocycles. The second-order valence-electron chi connectivity index (χ2n) is 5.75. The molecular weight excluding hydrogens is 264 g/mol. The highest BCUT2D eigenvalue weighted by Crippen LogP contribution is 2.13. The molecule has 1 atom stereocenters. The fourth-order valence-corrected chi connectivity index (χ4v) is 2.58. The Labute approximate surface area is 127 Å². The van der Waals surface area contributed by atoms with Crippen molar-refractivity contribution in [2.24, 2.45) is 0 Å². The van der Waals surface area contributed by atoms with Crippen LogP contribution < -0.4 is 5.32 Å². The fourth-order valence-electron chi connectivity index (χ4n) is 2.58. The SMILES string of the molecule is COC(C)C(=O)NCc1ccc(CN2CCCCC2)cc1. The van der Waals surface area contributed by atoms with E-state index in [1.165, 1.54) is 37.9 Å². The number of likely N-dealkylation sites (tertiary alicyclic amines) is 1. The number of piperidine rings is 1. The van der Waals surface area contributed by atoms with E-state index in [1.54, 1.807) is 14.0 Å². The van der Waals surface area contributed by atoms with Crippen molar-refractivity contribution in [3.63, 3.8) is 0 Å². The Morgan fingerprint density at radius 1 is 1.19 bits per heavy atom. The molecule has 21 heavy (non-hydrogen) atoms. The van der Waals surface area contributed by atoms with E-state index < -0.39 is 6.10 Å². The molecule has 0 spiro atoms. The summed E-state index contributed by atoms with van der Waals surface area (Å²) in [6.45, 7) is 5.76. The molecule has 1 unspecified atom stereocenters. The summed E-state index contributed by atoms with van der Waals surface area (Å²) in [4.78, 5) is 14.1. The maximum absolute atomic E-state index is 11.6. The number of carbonyl (C=O) groups excluding carboxylic acids is 1. The number of nitrogens with one attached hydrogen (secondary N) is 1. The van der Waals surface area contributed by atoms with Crippen molar-refractivity contribution in [2.75, 3.05) is 20.2 Å². The van der Waals surface area contributed by atoms with Crippen molar-refractivity contribution < 1.29 is 9.53 Å². The molecule has 0 bridgehead atoms. The minimum absolute atomic E-state index is 0.0742. The molecule has 1 aliphatic heterocycles. The molecule has 1 aliphatic rings. The quantitative estimate of drug-likeness (QED) is 0.874. The second kappa shape index (κ2) is 8.15. The highest BCUT2D eigenvalue weighted by atomic mass is 16.5. The number of ether oxygens (including phenoxy) is 1. The third kappa shape index (κ3) is 5.14. The molecular formula is C17H26N2O2. The summed E-state index contributed by atoms with van der Waals surface area (Å²) in [6.07, 6.45) is 3.61. The van der Waals surface area contributed by atoms with Gasteiger partial charge in [-0.1, -0.05) is 30.7 Å². The van der Waals surface area contributed by atoms with Gasteiger partial charge in [0, 0.05) is 20.2 Å². The standard InChI is InChI=1S/C17H26N2O2/c1-14(21-2)17(20)18-12-15-6-8-16(9-7-15)13-19-10-4-3-5-11-19/h6-9,14H,3-5,10-13H2,1-2H3,(H,18,20). The first-order chi connectivity index (χ1) is 10.2. The summed E-state index contributed by atoms with van der Waals surface area (Å²) < 4.78 is 4.99. The number of amides is 1. The van der Waals surface area contributed by atoms with E-state index >= 15 is 0 Å². The van der Waals surface area contributed by atoms with Gasteiger partial charge in [0.1, 0.15) is 6.10 Å². The zero-order valence-electron chi connectivity index (χ0n) is 13.1. The summed E-state index contributed by atoms with van der Waals surface area (Å²) in [7, 11) is 1.54. The normalized spacial score (nSPS) is 17.4. The Balaban J connectivity index is 1.80. The molecule has 116 valence electrons. The average molecular weight is 290 g/mol. The number of hydrogen-bond donors (Lipinski definition) is 1. The van der Waals surface area contributed by atoms with E-state index in [-0.39, 0.29) is 5.91 Å². The maximum atomic E-state index is 11.6. The van der Waals surface area contributed by atoms with Gasteiger partial charge in [0.05, 0.1) is 0 Å². The molecule has 1 amide bonds. The third-order valence-corrected chi connectivity index (χ3v) is 4.07. The first kappa shape index (κ1) is 16.0. The van der Waals surface area contributed by atoms with Gasteiger partial charge in [-0.05, 0) is 44.0 Å². The molecule has 1 fully saturated rings. The van der Waals surface area contributed by atoms with Crippen LogP contribution >= 0.6 is 0 Å². The number of rotatable bonds is 6. The van der Waals surface area contributed by atoms with Gasteiger partial charge in [0.25, 0.3) is 0 Å². The molecule has 1 N–H and O–H groups in total. The van der Waals surface area contributed by atoms with Crippen LogP contribution in [0.3, 0.4) is 0 Å². The Hall–Kier alpha value is -1.39. The molecule has 1 aromatic carbocycles. The van der Waals surface area contributed by atoms with Gasteiger partial charge in [0.2, 0.25) is 5.91 Å². The average Bonchev–Trinajstić information content (AvgIpc) is 2.54. The van der Waals surface area contributed by atoms with Crippen molar-refractivity contribution in [1.29, 1.82) is 0 Å². The molecule has 0 saturated carbocycles. The fraction of sp³-hybridized carbons (Fsp3) is 0.588. The van der Waals surface area contributed by atoms with Crippen LogP contribution in [-0.4, -0.2) is 37.1 Å². The highest BCUT2D eigenvalue weighted by molar-refractivity contribution is 5.80. The largest absolute Gasteiger partial charge is 0.372 e. The summed E-state index contributed by atoms with van der Waals surface area (Å²) in [5.74, 6) is -0.0742.